The van der Waals surface area contributed by atoms with Crippen LogP contribution in [0, 0.1) is 6.92 Å². The lowest BCUT2D eigenvalue weighted by molar-refractivity contribution is 0.992. The van der Waals surface area contributed by atoms with E-state index in [-0.39, 0.29) is 0 Å². The molecule has 3 rings (SSSR count). The van der Waals surface area contributed by atoms with Crippen LogP contribution in [-0.2, 0) is 12.3 Å². The van der Waals surface area contributed by atoms with Crippen molar-refractivity contribution in [2.45, 2.75) is 23.6 Å². The van der Waals surface area contributed by atoms with Crippen LogP contribution in [0.3, 0.4) is 0 Å². The molecule has 0 fully saturated rings. The lowest BCUT2D eigenvalue weighted by Gasteiger charge is -2.04. The van der Waals surface area contributed by atoms with Crippen LogP contribution >= 0.6 is 34.7 Å². The first-order valence-corrected chi connectivity index (χ1v) is 9.24. The highest BCUT2D eigenvalue weighted by Gasteiger charge is 2.06. The molecular weight excluding hydrogens is 348 g/mol. The van der Waals surface area contributed by atoms with Crippen LogP contribution in [0.1, 0.15) is 16.8 Å². The molecule has 2 aromatic heterocycles. The molecular formula is C16H15ClN4S2. The van der Waals surface area contributed by atoms with Gasteiger partial charge in [0.25, 0.3) is 0 Å². The maximum Gasteiger partial charge on any atom is 0.206 e. The molecule has 0 spiro atoms. The summed E-state index contributed by atoms with van der Waals surface area (Å²) in [4.78, 5) is 4.16. The third kappa shape index (κ3) is 4.92. The van der Waals surface area contributed by atoms with Crippen molar-refractivity contribution in [3.05, 3.63) is 64.4 Å². The smallest absolute Gasteiger partial charge is 0.206 e. The third-order valence-corrected chi connectivity index (χ3v) is 5.32. The lowest BCUT2D eigenvalue weighted by Crippen LogP contribution is -2.00. The first-order chi connectivity index (χ1) is 11.2. The minimum atomic E-state index is 0.512. The highest BCUT2D eigenvalue weighted by molar-refractivity contribution is 8.00. The van der Waals surface area contributed by atoms with E-state index in [1.165, 1.54) is 5.56 Å². The van der Waals surface area contributed by atoms with Gasteiger partial charge in [-0.2, -0.15) is 0 Å². The first kappa shape index (κ1) is 16.2. The Hall–Kier alpha value is -1.63. The average molecular weight is 363 g/mol. The van der Waals surface area contributed by atoms with E-state index >= 15 is 0 Å². The number of hydrogen-bond acceptors (Lipinski definition) is 6. The largest absolute Gasteiger partial charge is 0.356 e. The predicted molar refractivity (Wildman–Crippen MR) is 97.2 cm³/mol. The molecule has 0 amide bonds. The Labute approximate surface area is 148 Å². The van der Waals surface area contributed by atoms with Gasteiger partial charge in [0.15, 0.2) is 4.34 Å². The average Bonchev–Trinajstić information content (AvgIpc) is 2.99. The fourth-order valence-electron chi connectivity index (χ4n) is 2.03. The van der Waals surface area contributed by atoms with Crippen LogP contribution in [0.4, 0.5) is 5.13 Å². The molecule has 0 radical (unpaired) electrons. The van der Waals surface area contributed by atoms with E-state index < -0.39 is 0 Å². The fourth-order valence-corrected chi connectivity index (χ4v) is 4.01. The molecule has 118 valence electrons. The molecule has 0 saturated carbocycles. The Morgan fingerprint density at radius 2 is 1.96 bits per heavy atom. The van der Waals surface area contributed by atoms with Gasteiger partial charge in [-0.25, -0.2) is 4.98 Å². The van der Waals surface area contributed by atoms with Gasteiger partial charge in [0.1, 0.15) is 5.15 Å². The van der Waals surface area contributed by atoms with Crippen LogP contribution in [0.2, 0.25) is 5.15 Å². The summed E-state index contributed by atoms with van der Waals surface area (Å²) in [6.45, 7) is 2.58. The van der Waals surface area contributed by atoms with Gasteiger partial charge in [-0.3, -0.25) is 0 Å². The number of thioether (sulfide) groups is 1. The zero-order chi connectivity index (χ0) is 16.1. The zero-order valence-electron chi connectivity index (χ0n) is 12.5. The van der Waals surface area contributed by atoms with Gasteiger partial charge in [0.05, 0.1) is 0 Å². The van der Waals surface area contributed by atoms with Crippen LogP contribution in [0.5, 0.6) is 0 Å². The van der Waals surface area contributed by atoms with Gasteiger partial charge in [-0.1, -0.05) is 65.0 Å². The molecule has 4 nitrogen and oxygen atoms in total. The summed E-state index contributed by atoms with van der Waals surface area (Å²) >= 11 is 9.22. The van der Waals surface area contributed by atoms with Crippen molar-refractivity contribution in [2.75, 3.05) is 5.32 Å². The van der Waals surface area contributed by atoms with Gasteiger partial charge in [-0.05, 0) is 30.2 Å². The molecule has 0 atom stereocenters. The van der Waals surface area contributed by atoms with Gasteiger partial charge in [0, 0.05) is 18.0 Å². The number of hydrogen-bond donors (Lipinski definition) is 1. The number of anilines is 1. The van der Waals surface area contributed by atoms with Crippen LogP contribution in [-0.4, -0.2) is 15.2 Å². The van der Waals surface area contributed by atoms with E-state index in [9.17, 15) is 0 Å². The number of aryl methyl sites for hydroxylation is 1. The summed E-state index contributed by atoms with van der Waals surface area (Å²) in [6, 6.07) is 14.2. The van der Waals surface area contributed by atoms with Gasteiger partial charge in [-0.15, -0.1) is 10.2 Å². The van der Waals surface area contributed by atoms with E-state index in [2.05, 4.69) is 32.6 Å². The minimum Gasteiger partial charge on any atom is -0.356 e. The molecule has 0 aliphatic carbocycles. The van der Waals surface area contributed by atoms with E-state index in [0.29, 0.717) is 11.7 Å². The highest BCUT2D eigenvalue weighted by atomic mass is 35.5. The molecule has 2 heterocycles. The standard InChI is InChI=1S/C16H15ClN4S2/c1-11-7-13(8-14(17)19-11)9-18-15-20-21-16(23-15)22-10-12-5-3-2-4-6-12/h2-8H,9-10H2,1H3,(H,18,20). The Bertz CT molecular complexity index is 757. The summed E-state index contributed by atoms with van der Waals surface area (Å²) in [7, 11) is 0. The Balaban J connectivity index is 1.55. The molecule has 3 aromatic rings. The number of aromatic nitrogens is 3. The summed E-state index contributed by atoms with van der Waals surface area (Å²) < 4.78 is 0.959. The quantitative estimate of drug-likeness (QED) is 0.504. The molecule has 0 aliphatic heterocycles. The summed E-state index contributed by atoms with van der Waals surface area (Å²) in [5, 5.41) is 13.0. The molecule has 0 aliphatic rings. The Kier molecular flexibility index (Phi) is 5.48. The number of pyridine rings is 1. The van der Waals surface area contributed by atoms with Crippen molar-refractivity contribution in [1.82, 2.24) is 15.2 Å². The molecule has 0 bridgehead atoms. The van der Waals surface area contributed by atoms with Gasteiger partial charge in [0.2, 0.25) is 5.13 Å². The molecule has 7 heteroatoms. The fraction of sp³-hybridized carbons (Fsp3) is 0.188. The van der Waals surface area contributed by atoms with Gasteiger partial charge >= 0.3 is 0 Å². The third-order valence-electron chi connectivity index (χ3n) is 3.04. The zero-order valence-corrected chi connectivity index (χ0v) is 14.9. The normalized spacial score (nSPS) is 10.7. The molecule has 0 unspecified atom stereocenters. The highest BCUT2D eigenvalue weighted by Crippen LogP contribution is 2.28. The van der Waals surface area contributed by atoms with Crippen molar-refractivity contribution in [3.63, 3.8) is 0 Å². The molecule has 1 aromatic carbocycles. The molecule has 0 saturated heterocycles. The van der Waals surface area contributed by atoms with E-state index in [1.54, 1.807) is 23.1 Å². The molecule has 1 N–H and O–H groups in total. The van der Waals surface area contributed by atoms with Crippen molar-refractivity contribution in [1.29, 1.82) is 0 Å². The second-order valence-corrected chi connectivity index (χ2v) is 7.53. The van der Waals surface area contributed by atoms with Gasteiger partial charge < -0.3 is 5.32 Å². The first-order valence-electron chi connectivity index (χ1n) is 7.06. The maximum atomic E-state index is 5.97. The summed E-state index contributed by atoms with van der Waals surface area (Å²) in [5.74, 6) is 0.897. The second-order valence-electron chi connectivity index (χ2n) is 4.94. The number of halogens is 1. The Morgan fingerprint density at radius 1 is 1.13 bits per heavy atom. The number of nitrogens with one attached hydrogen (secondary N) is 1. The van der Waals surface area contributed by atoms with E-state index in [0.717, 1.165) is 26.5 Å². The minimum absolute atomic E-state index is 0.512. The predicted octanol–water partition coefficient (Wildman–Crippen LogP) is 4.80. The summed E-state index contributed by atoms with van der Waals surface area (Å²) in [5.41, 5.74) is 3.27. The van der Waals surface area contributed by atoms with Crippen molar-refractivity contribution >= 4 is 39.8 Å². The van der Waals surface area contributed by atoms with Crippen molar-refractivity contribution < 1.29 is 0 Å². The van der Waals surface area contributed by atoms with E-state index in [1.807, 2.05) is 37.3 Å². The lowest BCUT2D eigenvalue weighted by atomic mass is 10.2. The monoisotopic (exact) mass is 362 g/mol. The summed E-state index contributed by atoms with van der Waals surface area (Å²) in [6.07, 6.45) is 0. The van der Waals surface area contributed by atoms with Crippen LogP contribution in [0.25, 0.3) is 0 Å². The SMILES string of the molecule is Cc1cc(CNc2nnc(SCc3ccccc3)s2)cc(Cl)n1. The second kappa shape index (κ2) is 7.77. The van der Waals surface area contributed by atoms with Crippen molar-refractivity contribution in [2.24, 2.45) is 0 Å². The van der Waals surface area contributed by atoms with E-state index in [4.69, 9.17) is 11.6 Å². The topological polar surface area (TPSA) is 50.7 Å². The Morgan fingerprint density at radius 3 is 2.74 bits per heavy atom. The van der Waals surface area contributed by atoms with Crippen LogP contribution < -0.4 is 5.32 Å². The maximum absolute atomic E-state index is 5.97. The van der Waals surface area contributed by atoms with Crippen molar-refractivity contribution in [3.8, 4) is 0 Å². The number of benzene rings is 1. The van der Waals surface area contributed by atoms with Crippen LogP contribution in [0.15, 0.2) is 46.8 Å². The number of rotatable bonds is 6. The number of nitrogens with zero attached hydrogens (tertiary/aromatic N) is 3. The molecule has 23 heavy (non-hydrogen) atoms.